The molecule has 1 atom stereocenters. The molecule has 0 aromatic carbocycles. The Balaban J connectivity index is 3.30. The summed E-state index contributed by atoms with van der Waals surface area (Å²) in [5.41, 5.74) is 10.2. The predicted molar refractivity (Wildman–Crippen MR) is 44.7 cm³/mol. The lowest BCUT2D eigenvalue weighted by molar-refractivity contribution is -0.118. The van der Waals surface area contributed by atoms with Crippen LogP contribution in [0.15, 0.2) is 12.7 Å². The Hall–Kier alpha value is -0.480. The number of hydrogen-bond acceptors (Lipinski definition) is 3. The van der Waals surface area contributed by atoms with Gasteiger partial charge in [-0.05, 0) is 0 Å². The maximum absolute atomic E-state index is 10.4. The van der Waals surface area contributed by atoms with Crippen molar-refractivity contribution in [2.45, 2.75) is 6.04 Å². The van der Waals surface area contributed by atoms with Gasteiger partial charge in [0, 0.05) is 11.5 Å². The van der Waals surface area contributed by atoms with E-state index in [2.05, 4.69) is 6.58 Å². The second-order valence-corrected chi connectivity index (χ2v) is 2.91. The molecule has 0 saturated heterocycles. The third kappa shape index (κ3) is 4.40. The highest BCUT2D eigenvalue weighted by molar-refractivity contribution is 7.99. The van der Waals surface area contributed by atoms with E-state index in [4.69, 9.17) is 11.5 Å². The van der Waals surface area contributed by atoms with Gasteiger partial charge in [-0.2, -0.15) is 11.8 Å². The van der Waals surface area contributed by atoms with Gasteiger partial charge in [-0.15, -0.1) is 6.58 Å². The second kappa shape index (κ2) is 5.32. The monoisotopic (exact) mass is 160 g/mol. The second-order valence-electron chi connectivity index (χ2n) is 1.83. The Morgan fingerprint density at radius 1 is 1.80 bits per heavy atom. The fourth-order valence-electron chi connectivity index (χ4n) is 0.360. The van der Waals surface area contributed by atoms with Crippen molar-refractivity contribution < 1.29 is 4.79 Å². The minimum atomic E-state index is -0.523. The Morgan fingerprint density at radius 2 is 2.40 bits per heavy atom. The van der Waals surface area contributed by atoms with E-state index in [1.807, 2.05) is 0 Å². The normalized spacial score (nSPS) is 12.5. The zero-order valence-electron chi connectivity index (χ0n) is 5.75. The van der Waals surface area contributed by atoms with Gasteiger partial charge in [0.15, 0.2) is 0 Å². The van der Waals surface area contributed by atoms with Crippen molar-refractivity contribution >= 4 is 17.7 Å². The molecule has 3 nitrogen and oxygen atoms in total. The van der Waals surface area contributed by atoms with Gasteiger partial charge in [0.25, 0.3) is 0 Å². The van der Waals surface area contributed by atoms with Crippen LogP contribution < -0.4 is 11.5 Å². The zero-order valence-corrected chi connectivity index (χ0v) is 6.56. The molecular weight excluding hydrogens is 148 g/mol. The standard InChI is InChI=1S/C6H12N2OS/c1-2-3-10-4-5(7)6(8)9/h2,5H,1,3-4,7H2,(H2,8,9)/t5-/m0/s1. The molecule has 0 aliphatic rings. The number of rotatable bonds is 5. The predicted octanol–water partition coefficient (Wildman–Crippen LogP) is -0.282. The summed E-state index contributed by atoms with van der Waals surface area (Å²) in [6, 6.07) is -0.523. The van der Waals surface area contributed by atoms with Crippen LogP contribution in [-0.2, 0) is 4.79 Å². The molecule has 0 spiro atoms. The number of amides is 1. The first kappa shape index (κ1) is 9.52. The highest BCUT2D eigenvalue weighted by Crippen LogP contribution is 2.00. The van der Waals surface area contributed by atoms with Gasteiger partial charge in [-0.3, -0.25) is 4.79 Å². The number of thioether (sulfide) groups is 1. The highest BCUT2D eigenvalue weighted by atomic mass is 32.2. The lowest BCUT2D eigenvalue weighted by Crippen LogP contribution is -2.38. The van der Waals surface area contributed by atoms with Gasteiger partial charge in [-0.1, -0.05) is 6.08 Å². The third-order valence-electron chi connectivity index (χ3n) is 0.899. The van der Waals surface area contributed by atoms with Crippen molar-refractivity contribution in [2.75, 3.05) is 11.5 Å². The molecule has 10 heavy (non-hydrogen) atoms. The molecule has 4 heteroatoms. The number of primary amides is 1. The van der Waals surface area contributed by atoms with Gasteiger partial charge in [-0.25, -0.2) is 0 Å². The van der Waals surface area contributed by atoms with E-state index in [0.717, 1.165) is 5.75 Å². The van der Waals surface area contributed by atoms with Crippen LogP contribution in [0.2, 0.25) is 0 Å². The summed E-state index contributed by atoms with van der Waals surface area (Å²) in [4.78, 5) is 10.4. The first-order valence-electron chi connectivity index (χ1n) is 2.92. The molecule has 4 N–H and O–H groups in total. The average molecular weight is 160 g/mol. The van der Waals surface area contributed by atoms with E-state index in [-0.39, 0.29) is 0 Å². The molecule has 0 fully saturated rings. The quantitative estimate of drug-likeness (QED) is 0.429. The minimum Gasteiger partial charge on any atom is -0.368 e. The Labute approximate surface area is 64.8 Å². The van der Waals surface area contributed by atoms with Crippen LogP contribution >= 0.6 is 11.8 Å². The van der Waals surface area contributed by atoms with E-state index < -0.39 is 11.9 Å². The lowest BCUT2D eigenvalue weighted by Gasteiger charge is -2.03. The van der Waals surface area contributed by atoms with Crippen LogP contribution in [-0.4, -0.2) is 23.5 Å². The van der Waals surface area contributed by atoms with Gasteiger partial charge >= 0.3 is 0 Å². The molecule has 0 heterocycles. The maximum Gasteiger partial charge on any atom is 0.235 e. The van der Waals surface area contributed by atoms with Crippen molar-refractivity contribution in [2.24, 2.45) is 11.5 Å². The summed E-state index contributed by atoms with van der Waals surface area (Å²) < 4.78 is 0. The molecule has 0 aliphatic heterocycles. The summed E-state index contributed by atoms with van der Waals surface area (Å²) in [6.45, 7) is 3.52. The van der Waals surface area contributed by atoms with E-state index in [9.17, 15) is 4.79 Å². The van der Waals surface area contributed by atoms with Crippen LogP contribution in [0.5, 0.6) is 0 Å². The fraction of sp³-hybridized carbons (Fsp3) is 0.500. The Kier molecular flexibility index (Phi) is 5.06. The van der Waals surface area contributed by atoms with Crippen LogP contribution in [0.4, 0.5) is 0 Å². The molecule has 0 rings (SSSR count). The van der Waals surface area contributed by atoms with Gasteiger partial charge in [0.2, 0.25) is 5.91 Å². The smallest absolute Gasteiger partial charge is 0.235 e. The fourth-order valence-corrected chi connectivity index (χ4v) is 1.08. The summed E-state index contributed by atoms with van der Waals surface area (Å²) in [7, 11) is 0. The van der Waals surface area contributed by atoms with Crippen LogP contribution in [0, 0.1) is 0 Å². The van der Waals surface area contributed by atoms with E-state index in [1.54, 1.807) is 17.8 Å². The van der Waals surface area contributed by atoms with Gasteiger partial charge in [0.1, 0.15) is 0 Å². The van der Waals surface area contributed by atoms with Crippen molar-refractivity contribution in [3.63, 3.8) is 0 Å². The molecule has 0 aromatic rings. The molecule has 1 amide bonds. The first-order chi connectivity index (χ1) is 4.68. The molecule has 0 bridgehead atoms. The van der Waals surface area contributed by atoms with Crippen LogP contribution in [0.1, 0.15) is 0 Å². The SMILES string of the molecule is C=CCSC[C@H](N)C(N)=O. The number of carbonyl (C=O) groups excluding carboxylic acids is 1. The van der Waals surface area contributed by atoms with Crippen molar-refractivity contribution in [1.82, 2.24) is 0 Å². The van der Waals surface area contributed by atoms with Crippen molar-refractivity contribution in [1.29, 1.82) is 0 Å². The molecule has 0 radical (unpaired) electrons. The lowest BCUT2D eigenvalue weighted by atomic mass is 10.3. The zero-order chi connectivity index (χ0) is 7.98. The minimum absolute atomic E-state index is 0.448. The van der Waals surface area contributed by atoms with E-state index in [1.165, 1.54) is 0 Å². The summed E-state index contributed by atoms with van der Waals surface area (Å²) in [6.07, 6.45) is 1.76. The van der Waals surface area contributed by atoms with E-state index in [0.29, 0.717) is 5.75 Å². The van der Waals surface area contributed by atoms with E-state index >= 15 is 0 Å². The Bertz CT molecular complexity index is 127. The summed E-state index contributed by atoms with van der Waals surface area (Å²) in [5, 5.41) is 0. The molecular formula is C6H12N2OS. The number of carbonyl (C=O) groups is 1. The van der Waals surface area contributed by atoms with Gasteiger partial charge < -0.3 is 11.5 Å². The molecule has 0 aromatic heterocycles. The Morgan fingerprint density at radius 3 is 2.80 bits per heavy atom. The van der Waals surface area contributed by atoms with Crippen molar-refractivity contribution in [3.05, 3.63) is 12.7 Å². The molecule has 0 unspecified atom stereocenters. The highest BCUT2D eigenvalue weighted by Gasteiger charge is 2.06. The van der Waals surface area contributed by atoms with Crippen LogP contribution in [0.3, 0.4) is 0 Å². The topological polar surface area (TPSA) is 69.1 Å². The summed E-state index contributed by atoms with van der Waals surface area (Å²) >= 11 is 1.55. The average Bonchev–Trinajstić information content (AvgIpc) is 1.88. The molecule has 0 saturated carbocycles. The number of nitrogens with two attached hydrogens (primary N) is 2. The van der Waals surface area contributed by atoms with Crippen LogP contribution in [0.25, 0.3) is 0 Å². The maximum atomic E-state index is 10.4. The van der Waals surface area contributed by atoms with Gasteiger partial charge in [0.05, 0.1) is 6.04 Å². The number of hydrogen-bond donors (Lipinski definition) is 2. The third-order valence-corrected chi connectivity index (χ3v) is 1.96. The largest absolute Gasteiger partial charge is 0.368 e. The molecule has 58 valence electrons. The first-order valence-corrected chi connectivity index (χ1v) is 4.07. The summed E-state index contributed by atoms with van der Waals surface area (Å²) in [5.74, 6) is 0.930. The van der Waals surface area contributed by atoms with Crippen molar-refractivity contribution in [3.8, 4) is 0 Å². The molecule has 0 aliphatic carbocycles.